The van der Waals surface area contributed by atoms with Crippen LogP contribution in [0.1, 0.15) is 18.7 Å². The highest BCUT2D eigenvalue weighted by molar-refractivity contribution is 5.93. The van der Waals surface area contributed by atoms with Crippen molar-refractivity contribution >= 4 is 11.8 Å². The summed E-state index contributed by atoms with van der Waals surface area (Å²) in [6.45, 7) is 1.99. The monoisotopic (exact) mass is 165 g/mol. The first-order chi connectivity index (χ1) is 5.68. The predicted molar refractivity (Wildman–Crippen MR) is 46.9 cm³/mol. The van der Waals surface area contributed by atoms with E-state index in [-0.39, 0.29) is 6.04 Å². The maximum absolute atomic E-state index is 5.54. The minimum atomic E-state index is 0.0914. The van der Waals surface area contributed by atoms with Crippen molar-refractivity contribution in [3.8, 4) is 0 Å². The van der Waals surface area contributed by atoms with Gasteiger partial charge < -0.3 is 15.6 Å². The number of aliphatic imine (C=N–C) groups is 1. The lowest BCUT2D eigenvalue weighted by molar-refractivity contribution is 0.711. The van der Waals surface area contributed by atoms with Gasteiger partial charge in [-0.15, -0.1) is 0 Å². The fraction of sp³-hybridized carbons (Fsp3) is 0.429. The molecule has 1 atom stereocenters. The first-order valence-corrected chi connectivity index (χ1v) is 3.80. The number of fused-ring (bicyclic) bond motifs is 1. The Morgan fingerprint density at radius 1 is 1.67 bits per heavy atom. The largest absolute Gasteiger partial charge is 0.370 e. The molecule has 5 heteroatoms. The fourth-order valence-electron chi connectivity index (χ4n) is 1.45. The second-order valence-electron chi connectivity index (χ2n) is 2.90. The third-order valence-corrected chi connectivity index (χ3v) is 1.96. The van der Waals surface area contributed by atoms with Gasteiger partial charge in [0.05, 0.1) is 18.1 Å². The van der Waals surface area contributed by atoms with Gasteiger partial charge in [-0.3, -0.25) is 0 Å². The molecule has 0 aliphatic carbocycles. The van der Waals surface area contributed by atoms with E-state index in [1.54, 1.807) is 6.33 Å². The molecule has 1 aromatic rings. The van der Waals surface area contributed by atoms with Gasteiger partial charge in [-0.05, 0) is 6.92 Å². The van der Waals surface area contributed by atoms with Crippen LogP contribution in [0.25, 0.3) is 0 Å². The lowest BCUT2D eigenvalue weighted by Gasteiger charge is -2.17. The van der Waals surface area contributed by atoms with Gasteiger partial charge in [-0.2, -0.15) is 0 Å². The van der Waals surface area contributed by atoms with Gasteiger partial charge in [0.25, 0.3) is 0 Å². The highest BCUT2D eigenvalue weighted by Gasteiger charge is 2.20. The minimum absolute atomic E-state index is 0.0914. The Kier molecular flexibility index (Phi) is 1.33. The quantitative estimate of drug-likeness (QED) is 0.578. The van der Waals surface area contributed by atoms with Crippen molar-refractivity contribution in [3.05, 3.63) is 12.0 Å². The van der Waals surface area contributed by atoms with E-state index in [1.165, 1.54) is 0 Å². The number of aryl methyl sites for hydroxylation is 1. The smallest absolute Gasteiger partial charge is 0.195 e. The summed E-state index contributed by atoms with van der Waals surface area (Å²) in [5.74, 6) is 1.26. The number of anilines is 1. The summed E-state index contributed by atoms with van der Waals surface area (Å²) >= 11 is 0. The zero-order chi connectivity index (χ0) is 8.72. The van der Waals surface area contributed by atoms with Crippen molar-refractivity contribution in [2.75, 3.05) is 5.32 Å². The first kappa shape index (κ1) is 7.15. The van der Waals surface area contributed by atoms with Gasteiger partial charge in [0.1, 0.15) is 0 Å². The van der Waals surface area contributed by atoms with Gasteiger partial charge in [-0.25, -0.2) is 9.98 Å². The maximum Gasteiger partial charge on any atom is 0.195 e. The molecule has 64 valence electrons. The molecule has 0 amide bonds. The average molecular weight is 165 g/mol. The first-order valence-electron chi connectivity index (χ1n) is 3.80. The predicted octanol–water partition coefficient (Wildman–Crippen LogP) is 0.221. The number of nitrogens with zero attached hydrogens (tertiary/aromatic N) is 3. The molecule has 0 aromatic carbocycles. The highest BCUT2D eigenvalue weighted by atomic mass is 15.2. The van der Waals surface area contributed by atoms with Gasteiger partial charge in [-0.1, -0.05) is 0 Å². The average Bonchev–Trinajstić information content (AvgIpc) is 2.31. The van der Waals surface area contributed by atoms with Crippen LogP contribution in [0, 0.1) is 0 Å². The molecule has 0 fully saturated rings. The molecule has 1 aromatic heterocycles. The zero-order valence-corrected chi connectivity index (χ0v) is 7.07. The van der Waals surface area contributed by atoms with Crippen LogP contribution in [0.15, 0.2) is 11.3 Å². The summed E-state index contributed by atoms with van der Waals surface area (Å²) in [4.78, 5) is 8.33. The third-order valence-electron chi connectivity index (χ3n) is 1.96. The summed E-state index contributed by atoms with van der Waals surface area (Å²) in [6, 6.07) is 0.0914. The number of nitrogens with two attached hydrogens (primary N) is 1. The third kappa shape index (κ3) is 0.861. The lowest BCUT2D eigenvalue weighted by Crippen LogP contribution is -2.27. The van der Waals surface area contributed by atoms with Crippen molar-refractivity contribution in [1.29, 1.82) is 0 Å². The maximum atomic E-state index is 5.54. The van der Waals surface area contributed by atoms with Crippen LogP contribution in [0.5, 0.6) is 0 Å². The van der Waals surface area contributed by atoms with Crippen molar-refractivity contribution in [2.45, 2.75) is 13.0 Å². The Morgan fingerprint density at radius 2 is 2.42 bits per heavy atom. The van der Waals surface area contributed by atoms with Crippen molar-refractivity contribution in [2.24, 2.45) is 17.8 Å². The topological polar surface area (TPSA) is 68.2 Å². The van der Waals surface area contributed by atoms with Crippen LogP contribution >= 0.6 is 0 Å². The summed E-state index contributed by atoms with van der Waals surface area (Å²) in [6.07, 6.45) is 1.75. The highest BCUT2D eigenvalue weighted by Crippen LogP contribution is 2.26. The van der Waals surface area contributed by atoms with Gasteiger partial charge >= 0.3 is 0 Å². The molecule has 1 aliphatic rings. The van der Waals surface area contributed by atoms with E-state index in [2.05, 4.69) is 15.3 Å². The normalized spacial score (nSPS) is 21.2. The Morgan fingerprint density at radius 3 is 3.17 bits per heavy atom. The zero-order valence-electron chi connectivity index (χ0n) is 7.07. The van der Waals surface area contributed by atoms with Crippen molar-refractivity contribution in [1.82, 2.24) is 9.55 Å². The van der Waals surface area contributed by atoms with E-state index in [0.717, 1.165) is 11.5 Å². The summed E-state index contributed by atoms with van der Waals surface area (Å²) < 4.78 is 1.95. The molecule has 1 unspecified atom stereocenters. The van der Waals surface area contributed by atoms with E-state index in [9.17, 15) is 0 Å². The van der Waals surface area contributed by atoms with E-state index in [1.807, 2.05) is 18.5 Å². The van der Waals surface area contributed by atoms with E-state index in [4.69, 9.17) is 5.73 Å². The number of rotatable bonds is 0. The van der Waals surface area contributed by atoms with Gasteiger partial charge in [0.15, 0.2) is 11.8 Å². The van der Waals surface area contributed by atoms with Crippen LogP contribution in [0.2, 0.25) is 0 Å². The Balaban J connectivity index is 2.51. The Hall–Kier alpha value is -1.52. The molecular weight excluding hydrogens is 154 g/mol. The summed E-state index contributed by atoms with van der Waals surface area (Å²) in [5.41, 5.74) is 6.61. The number of aromatic nitrogens is 2. The molecule has 0 radical (unpaired) electrons. The van der Waals surface area contributed by atoms with Crippen LogP contribution in [-0.4, -0.2) is 15.5 Å². The van der Waals surface area contributed by atoms with E-state index >= 15 is 0 Å². The summed E-state index contributed by atoms with van der Waals surface area (Å²) in [7, 11) is 1.95. The molecular formula is C7H11N5. The van der Waals surface area contributed by atoms with Crippen LogP contribution in [0.3, 0.4) is 0 Å². The number of hydrogen-bond acceptors (Lipinski definition) is 4. The Bertz CT molecular complexity index is 338. The van der Waals surface area contributed by atoms with Gasteiger partial charge in [0.2, 0.25) is 0 Å². The van der Waals surface area contributed by atoms with E-state index < -0.39 is 0 Å². The molecule has 0 bridgehead atoms. The van der Waals surface area contributed by atoms with Gasteiger partial charge in [0, 0.05) is 7.05 Å². The number of nitrogens with one attached hydrogen (secondary N) is 1. The van der Waals surface area contributed by atoms with Crippen LogP contribution in [0.4, 0.5) is 5.82 Å². The standard InChI is InChI=1S/C7H11N5/c1-4-5-6(9-3-12(5)2)11-7(8)10-4/h3-4H,1-2H3,(H3,8,10,11). The molecule has 0 saturated carbocycles. The van der Waals surface area contributed by atoms with E-state index in [0.29, 0.717) is 5.96 Å². The molecule has 12 heavy (non-hydrogen) atoms. The summed E-state index contributed by atoms with van der Waals surface area (Å²) in [5, 5.41) is 2.91. The molecule has 5 nitrogen and oxygen atoms in total. The van der Waals surface area contributed by atoms with Crippen LogP contribution < -0.4 is 11.1 Å². The van der Waals surface area contributed by atoms with Crippen molar-refractivity contribution in [3.63, 3.8) is 0 Å². The second-order valence-corrected chi connectivity index (χ2v) is 2.90. The fourth-order valence-corrected chi connectivity index (χ4v) is 1.45. The molecule has 0 saturated heterocycles. The lowest BCUT2D eigenvalue weighted by atomic mass is 10.2. The van der Waals surface area contributed by atoms with Crippen molar-refractivity contribution < 1.29 is 0 Å². The second kappa shape index (κ2) is 2.23. The SMILES string of the molecule is CC1N=C(N)Nc2ncn(C)c21. The molecule has 2 rings (SSSR count). The van der Waals surface area contributed by atoms with Crippen LogP contribution in [-0.2, 0) is 7.05 Å². The molecule has 0 spiro atoms. The number of imidazole rings is 1. The Labute approximate surface area is 70.3 Å². The number of hydrogen-bond donors (Lipinski definition) is 2. The molecule has 1 aliphatic heterocycles. The molecule has 3 N–H and O–H groups in total. The molecule has 2 heterocycles. The minimum Gasteiger partial charge on any atom is -0.370 e. The number of guanidine groups is 1.